The van der Waals surface area contributed by atoms with Gasteiger partial charge in [0.1, 0.15) is 0 Å². The molecule has 0 saturated heterocycles. The molecule has 0 aromatic heterocycles. The largest absolute Gasteiger partial charge is 0.297 e. The molecule has 0 N–H and O–H groups in total. The summed E-state index contributed by atoms with van der Waals surface area (Å²) in [6, 6.07) is 0. The van der Waals surface area contributed by atoms with Gasteiger partial charge in [-0.1, -0.05) is 0 Å². The third-order valence-electron chi connectivity index (χ3n) is 1.47. The van der Waals surface area contributed by atoms with E-state index in [4.69, 9.17) is 23.2 Å². The minimum Gasteiger partial charge on any atom is -0.297 e. The maximum atomic E-state index is 11.2. The highest BCUT2D eigenvalue weighted by Crippen LogP contribution is 2.23. The van der Waals surface area contributed by atoms with Gasteiger partial charge in [-0.05, 0) is 32.4 Å². The Hall–Kier alpha value is -0.0800. The number of Topliss-reactive ketones (excluding diaryl/α,β-unsaturated/α-hetero) is 1. The summed E-state index contributed by atoms with van der Waals surface area (Å²) in [6.45, 7) is 4.44. The molecule has 1 unspecified atom stereocenters. The SMILES string of the molecule is CC(Cl)C(=O)C(C)(C)C(=O)Cl. The van der Waals surface area contributed by atoms with Crippen molar-refractivity contribution >= 4 is 34.2 Å². The summed E-state index contributed by atoms with van der Waals surface area (Å²) in [6.07, 6.45) is 0. The zero-order valence-corrected chi connectivity index (χ0v) is 8.16. The fourth-order valence-corrected chi connectivity index (χ4v) is 0.960. The van der Waals surface area contributed by atoms with Gasteiger partial charge in [0.15, 0.2) is 5.78 Å². The molecule has 0 aromatic carbocycles. The van der Waals surface area contributed by atoms with E-state index in [1.807, 2.05) is 0 Å². The smallest absolute Gasteiger partial charge is 0.234 e. The lowest BCUT2D eigenvalue weighted by Crippen LogP contribution is -2.35. The molecule has 0 spiro atoms. The molecule has 4 heteroatoms. The Bertz CT molecular complexity index is 185. The average Bonchev–Trinajstić information content (AvgIpc) is 1.85. The monoisotopic (exact) mass is 196 g/mol. The Kier molecular flexibility index (Phi) is 3.52. The Balaban J connectivity index is 4.56. The first-order valence-electron chi connectivity index (χ1n) is 3.18. The first kappa shape index (κ1) is 10.9. The highest BCUT2D eigenvalue weighted by atomic mass is 35.5. The van der Waals surface area contributed by atoms with Crippen LogP contribution in [0.2, 0.25) is 0 Å². The summed E-state index contributed by atoms with van der Waals surface area (Å²) in [5.74, 6) is -0.348. The number of ketones is 1. The van der Waals surface area contributed by atoms with Crippen LogP contribution in [0.15, 0.2) is 0 Å². The average molecular weight is 197 g/mol. The summed E-state index contributed by atoms with van der Waals surface area (Å²) >= 11 is 10.7. The van der Waals surface area contributed by atoms with Gasteiger partial charge < -0.3 is 0 Å². The topological polar surface area (TPSA) is 34.1 Å². The molecular formula is C7H10Cl2O2. The van der Waals surface area contributed by atoms with Crippen molar-refractivity contribution in [3.8, 4) is 0 Å². The molecule has 0 radical (unpaired) electrons. The van der Waals surface area contributed by atoms with Crippen LogP contribution in [0.3, 0.4) is 0 Å². The van der Waals surface area contributed by atoms with E-state index in [1.165, 1.54) is 20.8 Å². The van der Waals surface area contributed by atoms with Crippen LogP contribution in [0.25, 0.3) is 0 Å². The van der Waals surface area contributed by atoms with Crippen LogP contribution in [0.1, 0.15) is 20.8 Å². The van der Waals surface area contributed by atoms with E-state index >= 15 is 0 Å². The molecule has 0 amide bonds. The summed E-state index contributed by atoms with van der Waals surface area (Å²) in [5.41, 5.74) is -1.16. The highest BCUT2D eigenvalue weighted by molar-refractivity contribution is 6.66. The van der Waals surface area contributed by atoms with E-state index < -0.39 is 16.0 Å². The van der Waals surface area contributed by atoms with E-state index in [1.54, 1.807) is 0 Å². The van der Waals surface area contributed by atoms with Gasteiger partial charge in [-0.3, -0.25) is 9.59 Å². The van der Waals surface area contributed by atoms with Crippen LogP contribution in [0.5, 0.6) is 0 Å². The third-order valence-corrected chi connectivity index (χ3v) is 2.14. The first-order valence-corrected chi connectivity index (χ1v) is 4.00. The normalized spacial score (nSPS) is 14.3. The molecule has 1 atom stereocenters. The van der Waals surface area contributed by atoms with Crippen molar-refractivity contribution in [2.45, 2.75) is 26.1 Å². The molecular weight excluding hydrogens is 187 g/mol. The fraction of sp³-hybridized carbons (Fsp3) is 0.714. The molecule has 0 bridgehead atoms. The van der Waals surface area contributed by atoms with Gasteiger partial charge in [-0.2, -0.15) is 0 Å². The zero-order valence-electron chi connectivity index (χ0n) is 6.65. The lowest BCUT2D eigenvalue weighted by molar-refractivity contribution is -0.133. The van der Waals surface area contributed by atoms with Crippen molar-refractivity contribution < 1.29 is 9.59 Å². The van der Waals surface area contributed by atoms with E-state index in [0.717, 1.165) is 0 Å². The van der Waals surface area contributed by atoms with Crippen molar-refractivity contribution in [3.63, 3.8) is 0 Å². The molecule has 0 aromatic rings. The maximum Gasteiger partial charge on any atom is 0.234 e. The molecule has 0 heterocycles. The predicted molar refractivity (Wildman–Crippen MR) is 45.0 cm³/mol. The Morgan fingerprint density at radius 3 is 1.82 bits per heavy atom. The van der Waals surface area contributed by atoms with Crippen LogP contribution in [-0.4, -0.2) is 16.4 Å². The second-order valence-corrected chi connectivity index (χ2v) is 3.88. The van der Waals surface area contributed by atoms with Crippen molar-refractivity contribution in [1.82, 2.24) is 0 Å². The number of halogens is 2. The number of carbonyl (C=O) groups excluding carboxylic acids is 2. The minimum absolute atomic E-state index is 0.348. The second-order valence-electron chi connectivity index (χ2n) is 2.88. The molecule has 64 valence electrons. The predicted octanol–water partition coefficient (Wildman–Crippen LogP) is 1.97. The molecule has 11 heavy (non-hydrogen) atoms. The maximum absolute atomic E-state index is 11.2. The van der Waals surface area contributed by atoms with Crippen LogP contribution in [0.4, 0.5) is 0 Å². The van der Waals surface area contributed by atoms with Crippen molar-refractivity contribution in [2.24, 2.45) is 5.41 Å². The molecule has 0 aliphatic rings. The van der Waals surface area contributed by atoms with Crippen LogP contribution >= 0.6 is 23.2 Å². The van der Waals surface area contributed by atoms with Crippen molar-refractivity contribution in [3.05, 3.63) is 0 Å². The standard InChI is InChI=1S/C7H10Cl2O2/c1-4(8)5(10)7(2,3)6(9)11/h4H,1-3H3. The lowest BCUT2D eigenvalue weighted by atomic mass is 9.88. The Morgan fingerprint density at radius 2 is 1.73 bits per heavy atom. The third kappa shape index (κ3) is 2.46. The lowest BCUT2D eigenvalue weighted by Gasteiger charge is -2.18. The number of rotatable bonds is 3. The van der Waals surface area contributed by atoms with Crippen LogP contribution in [-0.2, 0) is 9.59 Å². The molecule has 0 aliphatic carbocycles. The minimum atomic E-state index is -1.16. The van der Waals surface area contributed by atoms with Gasteiger partial charge >= 0.3 is 0 Å². The number of alkyl halides is 1. The summed E-state index contributed by atoms with van der Waals surface area (Å²) < 4.78 is 0. The van der Waals surface area contributed by atoms with Gasteiger partial charge in [-0.15, -0.1) is 11.6 Å². The van der Waals surface area contributed by atoms with Gasteiger partial charge in [0, 0.05) is 0 Å². The quantitative estimate of drug-likeness (QED) is 0.393. The van der Waals surface area contributed by atoms with Crippen molar-refractivity contribution in [2.75, 3.05) is 0 Å². The first-order chi connectivity index (χ1) is 4.80. The summed E-state index contributed by atoms with van der Waals surface area (Å²) in [4.78, 5) is 21.9. The number of hydrogen-bond donors (Lipinski definition) is 0. The Labute approximate surface area is 75.9 Å². The summed E-state index contributed by atoms with van der Waals surface area (Å²) in [5, 5.41) is -1.34. The van der Waals surface area contributed by atoms with E-state index in [9.17, 15) is 9.59 Å². The number of carbonyl (C=O) groups is 2. The van der Waals surface area contributed by atoms with E-state index in [0.29, 0.717) is 0 Å². The number of hydrogen-bond acceptors (Lipinski definition) is 2. The van der Waals surface area contributed by atoms with Crippen LogP contribution < -0.4 is 0 Å². The van der Waals surface area contributed by atoms with E-state index in [2.05, 4.69) is 0 Å². The van der Waals surface area contributed by atoms with Gasteiger partial charge in [0.25, 0.3) is 0 Å². The van der Waals surface area contributed by atoms with Gasteiger partial charge in [-0.25, -0.2) is 0 Å². The summed E-state index contributed by atoms with van der Waals surface area (Å²) in [7, 11) is 0. The molecule has 0 rings (SSSR count). The highest BCUT2D eigenvalue weighted by Gasteiger charge is 2.36. The molecule has 0 fully saturated rings. The zero-order chi connectivity index (χ0) is 9.23. The molecule has 0 aliphatic heterocycles. The molecule has 0 saturated carbocycles. The van der Waals surface area contributed by atoms with Gasteiger partial charge in [0.2, 0.25) is 5.24 Å². The van der Waals surface area contributed by atoms with Gasteiger partial charge in [0.05, 0.1) is 10.8 Å². The molecule has 2 nitrogen and oxygen atoms in total. The van der Waals surface area contributed by atoms with E-state index in [-0.39, 0.29) is 5.78 Å². The fourth-order valence-electron chi connectivity index (χ4n) is 0.594. The van der Waals surface area contributed by atoms with Crippen molar-refractivity contribution in [1.29, 1.82) is 0 Å². The second kappa shape index (κ2) is 3.55. The Morgan fingerprint density at radius 1 is 1.36 bits per heavy atom. The van der Waals surface area contributed by atoms with Crippen LogP contribution in [0, 0.1) is 5.41 Å².